The molecule has 0 amide bonds. The molecule has 0 aromatic carbocycles. The van der Waals surface area contributed by atoms with E-state index in [0.29, 0.717) is 6.54 Å². The van der Waals surface area contributed by atoms with E-state index in [1.165, 1.54) is 4.90 Å². The van der Waals surface area contributed by atoms with E-state index in [-0.39, 0.29) is 12.6 Å². The summed E-state index contributed by atoms with van der Waals surface area (Å²) in [5.74, 6) is 0. The first-order chi connectivity index (χ1) is 6.50. The van der Waals surface area contributed by atoms with Gasteiger partial charge in [-0.1, -0.05) is 6.92 Å². The lowest BCUT2D eigenvalue weighted by molar-refractivity contribution is -0.183. The molecule has 1 rings (SSSR count). The highest BCUT2D eigenvalue weighted by molar-refractivity contribution is 4.88. The van der Waals surface area contributed by atoms with E-state index in [0.717, 1.165) is 19.3 Å². The van der Waals surface area contributed by atoms with Crippen LogP contribution in [-0.2, 0) is 0 Å². The Hall–Kier alpha value is -0.290. The summed E-state index contributed by atoms with van der Waals surface area (Å²) in [7, 11) is 0. The number of nitrogens with zero attached hydrogens (tertiary/aromatic N) is 1. The zero-order valence-corrected chi connectivity index (χ0v) is 8.35. The zero-order valence-electron chi connectivity index (χ0n) is 8.35. The molecule has 2 nitrogen and oxygen atoms in total. The van der Waals surface area contributed by atoms with E-state index < -0.39 is 12.2 Å². The van der Waals surface area contributed by atoms with Crippen molar-refractivity contribution in [3.8, 4) is 0 Å². The van der Waals surface area contributed by atoms with Gasteiger partial charge in [0.05, 0.1) is 0 Å². The fraction of sp³-hybridized carbons (Fsp3) is 1.00. The monoisotopic (exact) mass is 210 g/mol. The maximum atomic E-state index is 12.6. The summed E-state index contributed by atoms with van der Waals surface area (Å²) in [5.41, 5.74) is 5.19. The molecule has 84 valence electrons. The maximum absolute atomic E-state index is 12.6. The molecule has 2 atom stereocenters. The Kier molecular flexibility index (Phi) is 3.78. The van der Waals surface area contributed by atoms with Crippen molar-refractivity contribution in [2.24, 2.45) is 5.73 Å². The van der Waals surface area contributed by atoms with Crippen LogP contribution < -0.4 is 5.73 Å². The van der Waals surface area contributed by atoms with Crippen molar-refractivity contribution in [2.45, 2.75) is 44.4 Å². The molecule has 0 radical (unpaired) electrons. The summed E-state index contributed by atoms with van der Waals surface area (Å²) in [5, 5.41) is 0. The number of halogens is 3. The standard InChI is InChI=1S/C9H17F3N2/c1-2-7-4-3-5-14(7)8(6-13)9(10,11)12/h7-8H,2-6,13H2,1H3. The Labute approximate surface area is 82.2 Å². The largest absolute Gasteiger partial charge is 0.405 e. The van der Waals surface area contributed by atoms with Crippen LogP contribution in [-0.4, -0.2) is 36.2 Å². The minimum Gasteiger partial charge on any atom is -0.329 e. The van der Waals surface area contributed by atoms with Gasteiger partial charge in [0, 0.05) is 12.6 Å². The molecule has 14 heavy (non-hydrogen) atoms. The van der Waals surface area contributed by atoms with E-state index in [2.05, 4.69) is 0 Å². The molecule has 1 aliphatic rings. The first-order valence-corrected chi connectivity index (χ1v) is 5.03. The lowest BCUT2D eigenvalue weighted by Crippen LogP contribution is -2.51. The van der Waals surface area contributed by atoms with Gasteiger partial charge in [-0.3, -0.25) is 4.90 Å². The van der Waals surface area contributed by atoms with Crippen molar-refractivity contribution in [1.29, 1.82) is 0 Å². The third-order valence-corrected chi connectivity index (χ3v) is 2.90. The van der Waals surface area contributed by atoms with E-state index in [1.807, 2.05) is 6.92 Å². The van der Waals surface area contributed by atoms with Gasteiger partial charge in [-0.25, -0.2) is 0 Å². The normalized spacial score (nSPS) is 26.8. The van der Waals surface area contributed by atoms with Gasteiger partial charge in [-0.15, -0.1) is 0 Å². The Morgan fingerprint density at radius 2 is 2.14 bits per heavy atom. The van der Waals surface area contributed by atoms with Crippen molar-refractivity contribution in [3.05, 3.63) is 0 Å². The summed E-state index contributed by atoms with van der Waals surface area (Å²) in [6.45, 7) is 2.12. The Morgan fingerprint density at radius 1 is 1.50 bits per heavy atom. The molecule has 1 saturated heterocycles. The second-order valence-electron chi connectivity index (χ2n) is 3.74. The van der Waals surface area contributed by atoms with Crippen LogP contribution in [0, 0.1) is 0 Å². The van der Waals surface area contributed by atoms with Crippen LogP contribution in [0.4, 0.5) is 13.2 Å². The predicted molar refractivity (Wildman–Crippen MR) is 48.9 cm³/mol. The molecule has 0 saturated carbocycles. The van der Waals surface area contributed by atoms with Crippen molar-refractivity contribution in [3.63, 3.8) is 0 Å². The van der Waals surface area contributed by atoms with Crippen LogP contribution in [0.2, 0.25) is 0 Å². The van der Waals surface area contributed by atoms with Crippen molar-refractivity contribution < 1.29 is 13.2 Å². The van der Waals surface area contributed by atoms with Crippen LogP contribution in [0.5, 0.6) is 0 Å². The van der Waals surface area contributed by atoms with E-state index >= 15 is 0 Å². The third-order valence-electron chi connectivity index (χ3n) is 2.90. The molecule has 1 heterocycles. The van der Waals surface area contributed by atoms with Crippen LogP contribution >= 0.6 is 0 Å². The number of hydrogen-bond acceptors (Lipinski definition) is 2. The maximum Gasteiger partial charge on any atom is 0.405 e. The number of rotatable bonds is 3. The highest BCUT2D eigenvalue weighted by Crippen LogP contribution is 2.31. The molecule has 0 bridgehead atoms. The van der Waals surface area contributed by atoms with Crippen molar-refractivity contribution in [2.75, 3.05) is 13.1 Å². The number of nitrogens with two attached hydrogens (primary N) is 1. The molecule has 0 spiro atoms. The van der Waals surface area contributed by atoms with E-state index in [9.17, 15) is 13.2 Å². The van der Waals surface area contributed by atoms with Crippen molar-refractivity contribution >= 4 is 0 Å². The van der Waals surface area contributed by atoms with Gasteiger partial charge >= 0.3 is 6.18 Å². The highest BCUT2D eigenvalue weighted by atomic mass is 19.4. The highest BCUT2D eigenvalue weighted by Gasteiger charge is 2.45. The number of likely N-dealkylation sites (tertiary alicyclic amines) is 1. The summed E-state index contributed by atoms with van der Waals surface area (Å²) in [6.07, 6.45) is -1.70. The van der Waals surface area contributed by atoms with Gasteiger partial charge in [-0.2, -0.15) is 13.2 Å². The summed E-state index contributed by atoms with van der Waals surface area (Å²) < 4.78 is 37.7. The average molecular weight is 210 g/mol. The molecule has 0 aromatic heterocycles. The van der Waals surface area contributed by atoms with Crippen LogP contribution in [0.1, 0.15) is 26.2 Å². The van der Waals surface area contributed by atoms with Crippen LogP contribution in [0.15, 0.2) is 0 Å². The lowest BCUT2D eigenvalue weighted by atomic mass is 10.1. The molecular weight excluding hydrogens is 193 g/mol. The van der Waals surface area contributed by atoms with Crippen LogP contribution in [0.25, 0.3) is 0 Å². The van der Waals surface area contributed by atoms with Gasteiger partial charge in [0.25, 0.3) is 0 Å². The first-order valence-electron chi connectivity index (χ1n) is 5.03. The van der Waals surface area contributed by atoms with Gasteiger partial charge in [0.1, 0.15) is 6.04 Å². The van der Waals surface area contributed by atoms with Gasteiger partial charge < -0.3 is 5.73 Å². The Balaban J connectivity index is 2.68. The molecule has 5 heteroatoms. The van der Waals surface area contributed by atoms with Crippen LogP contribution in [0.3, 0.4) is 0 Å². The third kappa shape index (κ3) is 2.39. The fourth-order valence-electron chi connectivity index (χ4n) is 2.16. The Morgan fingerprint density at radius 3 is 2.57 bits per heavy atom. The number of hydrogen-bond donors (Lipinski definition) is 1. The van der Waals surface area contributed by atoms with Gasteiger partial charge in [-0.05, 0) is 25.8 Å². The number of alkyl halides is 3. The SMILES string of the molecule is CCC1CCCN1C(CN)C(F)(F)F. The topological polar surface area (TPSA) is 29.3 Å². The molecule has 0 aromatic rings. The minimum atomic E-state index is -4.19. The Bertz CT molecular complexity index is 181. The van der Waals surface area contributed by atoms with E-state index in [4.69, 9.17) is 5.73 Å². The second kappa shape index (κ2) is 4.49. The predicted octanol–water partition coefficient (Wildman–Crippen LogP) is 1.75. The molecular formula is C9H17F3N2. The minimum absolute atomic E-state index is 0.0603. The van der Waals surface area contributed by atoms with Gasteiger partial charge in [0.2, 0.25) is 0 Å². The van der Waals surface area contributed by atoms with E-state index in [1.54, 1.807) is 0 Å². The lowest BCUT2D eigenvalue weighted by Gasteiger charge is -2.33. The quantitative estimate of drug-likeness (QED) is 0.769. The molecule has 1 fully saturated rings. The van der Waals surface area contributed by atoms with Gasteiger partial charge in [0.15, 0.2) is 0 Å². The summed E-state index contributed by atoms with van der Waals surface area (Å²) in [6, 6.07) is -1.39. The molecule has 0 aliphatic carbocycles. The molecule has 2 N–H and O–H groups in total. The zero-order chi connectivity index (χ0) is 10.8. The first kappa shape index (κ1) is 11.8. The average Bonchev–Trinajstić information content (AvgIpc) is 2.51. The molecule has 2 unspecified atom stereocenters. The summed E-state index contributed by atoms with van der Waals surface area (Å²) in [4.78, 5) is 1.51. The van der Waals surface area contributed by atoms with Crippen molar-refractivity contribution in [1.82, 2.24) is 4.90 Å². The molecule has 1 aliphatic heterocycles. The fourth-order valence-corrected chi connectivity index (χ4v) is 2.16. The smallest absolute Gasteiger partial charge is 0.329 e. The second-order valence-corrected chi connectivity index (χ2v) is 3.74. The summed E-state index contributed by atoms with van der Waals surface area (Å²) >= 11 is 0.